The zero-order chi connectivity index (χ0) is 17.8. The van der Waals surface area contributed by atoms with Gasteiger partial charge in [-0.15, -0.1) is 6.58 Å². The maximum Gasteiger partial charge on any atom is 0.247 e. The summed E-state index contributed by atoms with van der Waals surface area (Å²) in [5.41, 5.74) is 3.50. The SMILES string of the molecule is C=CCN1c2ccccc2NC(=O)[C@@H]1CC(=O)Nc1ccc(C)cc1. The summed E-state index contributed by atoms with van der Waals surface area (Å²) in [6.45, 7) is 6.25. The number of carbonyl (C=O) groups excluding carboxylic acids is 2. The van der Waals surface area contributed by atoms with E-state index in [1.54, 1.807) is 6.08 Å². The van der Waals surface area contributed by atoms with Gasteiger partial charge in [0, 0.05) is 12.2 Å². The third-order valence-electron chi connectivity index (χ3n) is 4.19. The van der Waals surface area contributed by atoms with Crippen molar-refractivity contribution in [3.8, 4) is 0 Å². The first-order chi connectivity index (χ1) is 12.1. The molecule has 25 heavy (non-hydrogen) atoms. The number of carbonyl (C=O) groups is 2. The Morgan fingerprint density at radius 1 is 1.24 bits per heavy atom. The number of hydrogen-bond acceptors (Lipinski definition) is 3. The van der Waals surface area contributed by atoms with E-state index < -0.39 is 6.04 Å². The summed E-state index contributed by atoms with van der Waals surface area (Å²) < 4.78 is 0. The van der Waals surface area contributed by atoms with Gasteiger partial charge in [-0.2, -0.15) is 0 Å². The van der Waals surface area contributed by atoms with Gasteiger partial charge in [0.15, 0.2) is 0 Å². The van der Waals surface area contributed by atoms with Crippen LogP contribution in [-0.4, -0.2) is 24.4 Å². The molecule has 2 amide bonds. The van der Waals surface area contributed by atoms with E-state index in [0.29, 0.717) is 6.54 Å². The first-order valence-electron chi connectivity index (χ1n) is 8.22. The number of benzene rings is 2. The highest BCUT2D eigenvalue weighted by Gasteiger charge is 2.33. The minimum Gasteiger partial charge on any atom is -0.354 e. The normalized spacial score (nSPS) is 16.0. The van der Waals surface area contributed by atoms with Gasteiger partial charge in [-0.25, -0.2) is 0 Å². The smallest absolute Gasteiger partial charge is 0.247 e. The van der Waals surface area contributed by atoms with Crippen LogP contribution in [0.3, 0.4) is 0 Å². The van der Waals surface area contributed by atoms with E-state index in [0.717, 1.165) is 22.6 Å². The van der Waals surface area contributed by atoms with Gasteiger partial charge in [0.05, 0.1) is 17.8 Å². The van der Waals surface area contributed by atoms with E-state index in [2.05, 4.69) is 17.2 Å². The third-order valence-corrected chi connectivity index (χ3v) is 4.19. The molecule has 0 saturated heterocycles. The Hall–Kier alpha value is -3.08. The summed E-state index contributed by atoms with van der Waals surface area (Å²) in [4.78, 5) is 26.8. The van der Waals surface area contributed by atoms with Crippen molar-refractivity contribution in [2.75, 3.05) is 22.1 Å². The van der Waals surface area contributed by atoms with Crippen LogP contribution in [0.15, 0.2) is 61.2 Å². The van der Waals surface area contributed by atoms with Crippen LogP contribution in [-0.2, 0) is 9.59 Å². The molecule has 1 heterocycles. The lowest BCUT2D eigenvalue weighted by atomic mass is 10.0. The van der Waals surface area contributed by atoms with Gasteiger partial charge in [0.2, 0.25) is 11.8 Å². The number of nitrogens with one attached hydrogen (secondary N) is 2. The molecule has 0 fully saturated rings. The molecule has 0 bridgehead atoms. The molecule has 0 spiro atoms. The first kappa shape index (κ1) is 16.8. The zero-order valence-corrected chi connectivity index (χ0v) is 14.2. The summed E-state index contributed by atoms with van der Waals surface area (Å²) >= 11 is 0. The standard InChI is InChI=1S/C20H21N3O2/c1-3-12-23-17-7-5-4-6-16(17)22-20(25)18(23)13-19(24)21-15-10-8-14(2)9-11-15/h3-11,18H,1,12-13H2,2H3,(H,21,24)(H,22,25)/t18-/m0/s1. The molecule has 2 aromatic carbocycles. The Labute approximate surface area is 147 Å². The van der Waals surface area contributed by atoms with Crippen molar-refractivity contribution in [3.05, 3.63) is 66.7 Å². The number of anilines is 3. The van der Waals surface area contributed by atoms with Gasteiger partial charge in [-0.1, -0.05) is 35.9 Å². The number of para-hydroxylation sites is 2. The number of fused-ring (bicyclic) bond motifs is 1. The zero-order valence-electron chi connectivity index (χ0n) is 14.2. The lowest BCUT2D eigenvalue weighted by molar-refractivity contribution is -0.122. The van der Waals surface area contributed by atoms with Crippen LogP contribution in [0.5, 0.6) is 0 Å². The van der Waals surface area contributed by atoms with Crippen LogP contribution in [0, 0.1) is 6.92 Å². The van der Waals surface area contributed by atoms with Crippen LogP contribution in [0.25, 0.3) is 0 Å². The number of amides is 2. The highest BCUT2D eigenvalue weighted by atomic mass is 16.2. The average molecular weight is 335 g/mol. The van der Waals surface area contributed by atoms with Gasteiger partial charge in [0.25, 0.3) is 0 Å². The lowest BCUT2D eigenvalue weighted by Gasteiger charge is -2.37. The predicted molar refractivity (Wildman–Crippen MR) is 101 cm³/mol. The average Bonchev–Trinajstić information content (AvgIpc) is 2.60. The molecule has 1 aliphatic heterocycles. The van der Waals surface area contributed by atoms with Gasteiger partial charge < -0.3 is 15.5 Å². The Kier molecular flexibility index (Phi) is 4.84. The second kappa shape index (κ2) is 7.21. The fourth-order valence-corrected chi connectivity index (χ4v) is 2.95. The molecule has 0 unspecified atom stereocenters. The fourth-order valence-electron chi connectivity index (χ4n) is 2.95. The minimum atomic E-state index is -0.571. The molecule has 0 aliphatic carbocycles. The highest BCUT2D eigenvalue weighted by molar-refractivity contribution is 6.06. The molecule has 128 valence electrons. The quantitative estimate of drug-likeness (QED) is 0.824. The lowest BCUT2D eigenvalue weighted by Crippen LogP contribution is -2.49. The molecule has 3 rings (SSSR count). The van der Waals surface area contributed by atoms with Crippen molar-refractivity contribution in [1.82, 2.24) is 0 Å². The van der Waals surface area contributed by atoms with Crippen molar-refractivity contribution in [1.29, 1.82) is 0 Å². The summed E-state index contributed by atoms with van der Waals surface area (Å²) in [6.07, 6.45) is 1.81. The molecule has 1 atom stereocenters. The topological polar surface area (TPSA) is 61.4 Å². The maximum atomic E-state index is 12.5. The van der Waals surface area contributed by atoms with Crippen LogP contribution >= 0.6 is 0 Å². The van der Waals surface area contributed by atoms with Gasteiger partial charge in [-0.3, -0.25) is 9.59 Å². The molecule has 2 aromatic rings. The largest absolute Gasteiger partial charge is 0.354 e. The van der Waals surface area contributed by atoms with E-state index >= 15 is 0 Å². The second-order valence-electron chi connectivity index (χ2n) is 6.08. The van der Waals surface area contributed by atoms with Crippen LogP contribution < -0.4 is 15.5 Å². The van der Waals surface area contributed by atoms with E-state index in [1.165, 1.54) is 0 Å². The Balaban J connectivity index is 1.77. The Morgan fingerprint density at radius 2 is 1.96 bits per heavy atom. The number of aryl methyl sites for hydroxylation is 1. The molecule has 0 radical (unpaired) electrons. The van der Waals surface area contributed by atoms with Crippen molar-refractivity contribution in [2.45, 2.75) is 19.4 Å². The molecule has 0 aromatic heterocycles. The molecular formula is C20H21N3O2. The highest BCUT2D eigenvalue weighted by Crippen LogP contribution is 2.32. The van der Waals surface area contributed by atoms with E-state index in [4.69, 9.17) is 0 Å². The molecule has 1 aliphatic rings. The summed E-state index contributed by atoms with van der Waals surface area (Å²) in [5.74, 6) is -0.378. The van der Waals surface area contributed by atoms with E-state index in [-0.39, 0.29) is 18.2 Å². The summed E-state index contributed by atoms with van der Waals surface area (Å²) in [5, 5.41) is 5.73. The van der Waals surface area contributed by atoms with Crippen molar-refractivity contribution in [3.63, 3.8) is 0 Å². The summed E-state index contributed by atoms with van der Waals surface area (Å²) in [6, 6.07) is 14.6. The van der Waals surface area contributed by atoms with Crippen molar-refractivity contribution in [2.24, 2.45) is 0 Å². The van der Waals surface area contributed by atoms with Gasteiger partial charge >= 0.3 is 0 Å². The molecule has 5 nitrogen and oxygen atoms in total. The van der Waals surface area contributed by atoms with Crippen molar-refractivity contribution < 1.29 is 9.59 Å². The maximum absolute atomic E-state index is 12.5. The first-order valence-corrected chi connectivity index (χ1v) is 8.22. The van der Waals surface area contributed by atoms with Crippen LogP contribution in [0.4, 0.5) is 17.1 Å². The molecule has 0 saturated carbocycles. The van der Waals surface area contributed by atoms with E-state index in [1.807, 2.05) is 60.4 Å². The van der Waals surface area contributed by atoms with E-state index in [9.17, 15) is 9.59 Å². The Morgan fingerprint density at radius 3 is 2.68 bits per heavy atom. The number of hydrogen-bond donors (Lipinski definition) is 2. The van der Waals surface area contributed by atoms with Crippen molar-refractivity contribution >= 4 is 28.9 Å². The molecular weight excluding hydrogens is 314 g/mol. The fraction of sp³-hybridized carbons (Fsp3) is 0.200. The monoisotopic (exact) mass is 335 g/mol. The van der Waals surface area contributed by atoms with Crippen LogP contribution in [0.2, 0.25) is 0 Å². The van der Waals surface area contributed by atoms with Gasteiger partial charge in [-0.05, 0) is 31.2 Å². The number of rotatable bonds is 5. The predicted octanol–water partition coefficient (Wildman–Crippen LogP) is 3.34. The third kappa shape index (κ3) is 3.71. The minimum absolute atomic E-state index is 0.0713. The summed E-state index contributed by atoms with van der Waals surface area (Å²) in [7, 11) is 0. The number of nitrogens with zero attached hydrogens (tertiary/aromatic N) is 1. The van der Waals surface area contributed by atoms with Crippen LogP contribution in [0.1, 0.15) is 12.0 Å². The van der Waals surface area contributed by atoms with Gasteiger partial charge in [0.1, 0.15) is 6.04 Å². The molecule has 5 heteroatoms. The second-order valence-corrected chi connectivity index (χ2v) is 6.08. The molecule has 2 N–H and O–H groups in total. The Bertz CT molecular complexity index is 799.